The molecule has 4 heteroatoms. The van der Waals surface area contributed by atoms with E-state index in [-0.39, 0.29) is 5.57 Å². The van der Waals surface area contributed by atoms with Gasteiger partial charge in [0.25, 0.3) is 0 Å². The van der Waals surface area contributed by atoms with Gasteiger partial charge in [-0.05, 0) is 24.3 Å². The highest BCUT2D eigenvalue weighted by Crippen LogP contribution is 2.21. The van der Waals surface area contributed by atoms with Gasteiger partial charge in [-0.25, -0.2) is 4.79 Å². The molecule has 0 saturated carbocycles. The minimum Gasteiger partial charge on any atom is -0.478 e. The van der Waals surface area contributed by atoms with Crippen molar-refractivity contribution in [1.29, 1.82) is 0 Å². The van der Waals surface area contributed by atoms with Gasteiger partial charge in [0.05, 0.1) is 6.54 Å². The van der Waals surface area contributed by atoms with Crippen molar-refractivity contribution in [2.75, 3.05) is 0 Å². The molecule has 1 aromatic heterocycles. The summed E-state index contributed by atoms with van der Waals surface area (Å²) in [4.78, 5) is 10.7. The number of carboxylic acids is 1. The number of hydrogen-bond acceptors (Lipinski definition) is 1. The molecule has 0 amide bonds. The number of rotatable bonds is 3. The first-order valence-electron chi connectivity index (χ1n) is 4.73. The number of benzene rings is 1. The fourth-order valence-electron chi connectivity index (χ4n) is 1.58. The molecular weight excluding hydrogens is 270 g/mol. The van der Waals surface area contributed by atoms with Gasteiger partial charge in [0.15, 0.2) is 0 Å². The van der Waals surface area contributed by atoms with Crippen LogP contribution in [0.3, 0.4) is 0 Å². The Morgan fingerprint density at radius 2 is 2.19 bits per heavy atom. The van der Waals surface area contributed by atoms with E-state index in [9.17, 15) is 4.79 Å². The van der Waals surface area contributed by atoms with Crippen LogP contribution in [0, 0.1) is 0 Å². The summed E-state index contributed by atoms with van der Waals surface area (Å²) in [6.07, 6.45) is 1.87. The fraction of sp³-hybridized carbons (Fsp3) is 0.0833. The lowest BCUT2D eigenvalue weighted by Gasteiger charge is -2.04. The molecule has 2 aromatic rings. The first-order valence-corrected chi connectivity index (χ1v) is 5.52. The molecule has 1 N–H and O–H groups in total. The molecule has 0 bridgehead atoms. The lowest BCUT2D eigenvalue weighted by atomic mass is 10.2. The Kier molecular flexibility index (Phi) is 2.83. The van der Waals surface area contributed by atoms with Crippen LogP contribution in [0.15, 0.2) is 47.1 Å². The zero-order valence-corrected chi connectivity index (χ0v) is 10.1. The minimum atomic E-state index is -0.959. The van der Waals surface area contributed by atoms with Crippen molar-refractivity contribution in [3.05, 3.63) is 47.1 Å². The van der Waals surface area contributed by atoms with Crippen LogP contribution in [0.5, 0.6) is 0 Å². The second-order valence-corrected chi connectivity index (χ2v) is 4.47. The molecular formula is C12H10BrNO2. The SMILES string of the molecule is C=C(Cn1ccc2cc(Br)ccc21)C(=O)O. The monoisotopic (exact) mass is 279 g/mol. The van der Waals surface area contributed by atoms with Crippen molar-refractivity contribution in [3.8, 4) is 0 Å². The second-order valence-electron chi connectivity index (χ2n) is 3.56. The van der Waals surface area contributed by atoms with Crippen molar-refractivity contribution in [3.63, 3.8) is 0 Å². The second kappa shape index (κ2) is 4.14. The maximum absolute atomic E-state index is 10.7. The number of fused-ring (bicyclic) bond motifs is 1. The first kappa shape index (κ1) is 11.0. The van der Waals surface area contributed by atoms with E-state index >= 15 is 0 Å². The summed E-state index contributed by atoms with van der Waals surface area (Å²) in [5.41, 5.74) is 1.19. The summed E-state index contributed by atoms with van der Waals surface area (Å²) in [5, 5.41) is 9.85. The summed E-state index contributed by atoms with van der Waals surface area (Å²) in [7, 11) is 0. The largest absolute Gasteiger partial charge is 0.478 e. The van der Waals surface area contributed by atoms with Gasteiger partial charge in [0.1, 0.15) is 0 Å². The van der Waals surface area contributed by atoms with Crippen molar-refractivity contribution in [1.82, 2.24) is 4.57 Å². The average molecular weight is 280 g/mol. The molecule has 3 nitrogen and oxygen atoms in total. The smallest absolute Gasteiger partial charge is 0.332 e. The Bertz CT molecular complexity index is 571. The molecule has 0 fully saturated rings. The Morgan fingerprint density at radius 1 is 1.44 bits per heavy atom. The van der Waals surface area contributed by atoms with Gasteiger partial charge in [0, 0.05) is 27.1 Å². The van der Waals surface area contributed by atoms with Crippen LogP contribution in [-0.4, -0.2) is 15.6 Å². The van der Waals surface area contributed by atoms with E-state index in [1.807, 2.05) is 35.0 Å². The van der Waals surface area contributed by atoms with E-state index in [4.69, 9.17) is 5.11 Å². The van der Waals surface area contributed by atoms with Gasteiger partial charge in [-0.15, -0.1) is 0 Å². The van der Waals surface area contributed by atoms with E-state index in [1.165, 1.54) is 0 Å². The zero-order chi connectivity index (χ0) is 11.7. The molecule has 0 aliphatic heterocycles. The Balaban J connectivity index is 2.39. The summed E-state index contributed by atoms with van der Waals surface area (Å²) >= 11 is 3.39. The lowest BCUT2D eigenvalue weighted by molar-refractivity contribution is -0.132. The van der Waals surface area contributed by atoms with Crippen molar-refractivity contribution in [2.24, 2.45) is 0 Å². The summed E-state index contributed by atoms with van der Waals surface area (Å²) in [6, 6.07) is 7.83. The number of nitrogens with zero attached hydrogens (tertiary/aromatic N) is 1. The lowest BCUT2D eigenvalue weighted by Crippen LogP contribution is -2.07. The number of hydrogen-bond donors (Lipinski definition) is 1. The van der Waals surface area contributed by atoms with Gasteiger partial charge in [-0.1, -0.05) is 22.5 Å². The number of aliphatic carboxylic acids is 1. The predicted octanol–water partition coefficient (Wildman–Crippen LogP) is 3.04. The molecule has 1 aromatic carbocycles. The summed E-state index contributed by atoms with van der Waals surface area (Å²) < 4.78 is 2.88. The molecule has 0 unspecified atom stereocenters. The highest BCUT2D eigenvalue weighted by molar-refractivity contribution is 9.10. The molecule has 0 aliphatic carbocycles. The summed E-state index contributed by atoms with van der Waals surface area (Å²) in [6.45, 7) is 3.83. The van der Waals surface area contributed by atoms with Gasteiger partial charge in [-0.3, -0.25) is 0 Å². The van der Waals surface area contributed by atoms with Crippen LogP contribution in [-0.2, 0) is 11.3 Å². The van der Waals surface area contributed by atoms with Crippen LogP contribution in [0.4, 0.5) is 0 Å². The summed E-state index contributed by atoms with van der Waals surface area (Å²) in [5.74, 6) is -0.959. The van der Waals surface area contributed by atoms with Gasteiger partial charge in [-0.2, -0.15) is 0 Å². The number of carbonyl (C=O) groups is 1. The van der Waals surface area contributed by atoms with Gasteiger partial charge in [0.2, 0.25) is 0 Å². The van der Waals surface area contributed by atoms with Gasteiger partial charge >= 0.3 is 5.97 Å². The van der Waals surface area contributed by atoms with E-state index in [0.717, 1.165) is 15.4 Å². The van der Waals surface area contributed by atoms with Crippen LogP contribution < -0.4 is 0 Å². The number of carboxylic acid groups (broad SMARTS) is 1. The molecule has 0 spiro atoms. The maximum Gasteiger partial charge on any atom is 0.332 e. The quantitative estimate of drug-likeness (QED) is 0.878. The van der Waals surface area contributed by atoms with Crippen molar-refractivity contribution in [2.45, 2.75) is 6.54 Å². The van der Waals surface area contributed by atoms with Crippen LogP contribution in [0.2, 0.25) is 0 Å². The molecule has 1 heterocycles. The van der Waals surface area contributed by atoms with Crippen LogP contribution >= 0.6 is 15.9 Å². The fourth-order valence-corrected chi connectivity index (χ4v) is 1.96. The molecule has 0 radical (unpaired) electrons. The number of aromatic nitrogens is 1. The van der Waals surface area contributed by atoms with E-state index in [0.29, 0.717) is 6.54 Å². The van der Waals surface area contributed by atoms with Crippen LogP contribution in [0.25, 0.3) is 10.9 Å². The standard InChI is InChI=1S/C12H10BrNO2/c1-8(12(15)16)7-14-5-4-9-6-10(13)2-3-11(9)14/h2-6H,1,7H2,(H,15,16). The topological polar surface area (TPSA) is 42.2 Å². The van der Waals surface area contributed by atoms with E-state index in [2.05, 4.69) is 22.5 Å². The molecule has 2 rings (SSSR count). The highest BCUT2D eigenvalue weighted by Gasteiger charge is 2.07. The molecule has 0 atom stereocenters. The van der Waals surface area contributed by atoms with Crippen molar-refractivity contribution >= 4 is 32.8 Å². The minimum absolute atomic E-state index is 0.181. The third-order valence-electron chi connectivity index (χ3n) is 2.40. The molecule has 82 valence electrons. The first-order chi connectivity index (χ1) is 7.58. The highest BCUT2D eigenvalue weighted by atomic mass is 79.9. The maximum atomic E-state index is 10.7. The predicted molar refractivity (Wildman–Crippen MR) is 66.4 cm³/mol. The van der Waals surface area contributed by atoms with E-state index < -0.39 is 5.97 Å². The molecule has 16 heavy (non-hydrogen) atoms. The van der Waals surface area contributed by atoms with E-state index in [1.54, 1.807) is 0 Å². The normalized spacial score (nSPS) is 10.6. The Hall–Kier alpha value is -1.55. The third kappa shape index (κ3) is 2.02. The van der Waals surface area contributed by atoms with Crippen molar-refractivity contribution < 1.29 is 9.90 Å². The Morgan fingerprint density at radius 3 is 2.88 bits per heavy atom. The van der Waals surface area contributed by atoms with Crippen LogP contribution in [0.1, 0.15) is 0 Å². The average Bonchev–Trinajstić information content (AvgIpc) is 2.60. The van der Waals surface area contributed by atoms with Gasteiger partial charge < -0.3 is 9.67 Å². The number of halogens is 1. The third-order valence-corrected chi connectivity index (χ3v) is 2.89. The molecule has 0 aliphatic rings. The molecule has 0 saturated heterocycles. The Labute approximate surface area is 101 Å². The zero-order valence-electron chi connectivity index (χ0n) is 8.48.